The van der Waals surface area contributed by atoms with E-state index in [1.165, 1.54) is 25.7 Å². The van der Waals surface area contributed by atoms with Crippen molar-refractivity contribution in [2.45, 2.75) is 63.0 Å². The van der Waals surface area contributed by atoms with E-state index in [2.05, 4.69) is 5.32 Å². The van der Waals surface area contributed by atoms with Crippen molar-refractivity contribution in [1.29, 1.82) is 0 Å². The van der Waals surface area contributed by atoms with E-state index in [0.29, 0.717) is 18.3 Å². The monoisotopic (exact) mass is 245 g/mol. The van der Waals surface area contributed by atoms with E-state index in [-0.39, 0.29) is 12.8 Å². The quantitative estimate of drug-likeness (QED) is 0.708. The molecule has 17 heavy (non-hydrogen) atoms. The highest BCUT2D eigenvalue weighted by Crippen LogP contribution is 2.46. The summed E-state index contributed by atoms with van der Waals surface area (Å²) >= 11 is 0. The van der Waals surface area contributed by atoms with E-state index >= 15 is 0 Å². The summed E-state index contributed by atoms with van der Waals surface area (Å²) in [4.78, 5) is 0. The first-order chi connectivity index (χ1) is 8.04. The Balaban J connectivity index is 1.61. The van der Waals surface area contributed by atoms with Crippen molar-refractivity contribution in [3.05, 3.63) is 0 Å². The molecule has 3 aliphatic rings. The summed E-state index contributed by atoms with van der Waals surface area (Å²) in [6, 6.07) is 0. The lowest BCUT2D eigenvalue weighted by atomic mass is 9.81. The Bertz CT molecular complexity index is 278. The number of hydrogen-bond acceptors (Lipinski definition) is 2. The van der Waals surface area contributed by atoms with Gasteiger partial charge in [0.15, 0.2) is 0 Å². The van der Waals surface area contributed by atoms with Gasteiger partial charge in [0.25, 0.3) is 0 Å². The molecule has 3 rings (SSSR count). The molecule has 2 spiro atoms. The minimum atomic E-state index is -2.47. The van der Waals surface area contributed by atoms with Crippen LogP contribution in [0.25, 0.3) is 0 Å². The van der Waals surface area contributed by atoms with Gasteiger partial charge in [0.2, 0.25) is 5.92 Å². The maximum absolute atomic E-state index is 13.2. The van der Waals surface area contributed by atoms with Gasteiger partial charge in [0.1, 0.15) is 5.72 Å². The van der Waals surface area contributed by atoms with Crippen molar-refractivity contribution in [2.24, 2.45) is 5.41 Å². The van der Waals surface area contributed by atoms with E-state index in [1.807, 2.05) is 0 Å². The molecule has 3 fully saturated rings. The molecule has 0 aromatic heterocycles. The van der Waals surface area contributed by atoms with Crippen LogP contribution < -0.4 is 5.32 Å². The largest absolute Gasteiger partial charge is 0.360 e. The third-order valence-electron chi connectivity index (χ3n) is 4.89. The first-order valence-electron chi connectivity index (χ1n) is 6.80. The lowest BCUT2D eigenvalue weighted by Crippen LogP contribution is -2.60. The Morgan fingerprint density at radius 1 is 0.882 bits per heavy atom. The highest BCUT2D eigenvalue weighted by molar-refractivity contribution is 4.97. The normalized spacial score (nSPS) is 34.2. The van der Waals surface area contributed by atoms with Crippen LogP contribution in [0.5, 0.6) is 0 Å². The average molecular weight is 245 g/mol. The lowest BCUT2D eigenvalue weighted by Gasteiger charge is -2.48. The van der Waals surface area contributed by atoms with Crippen molar-refractivity contribution >= 4 is 0 Å². The number of halogens is 2. The van der Waals surface area contributed by atoms with Crippen molar-refractivity contribution in [3.8, 4) is 0 Å². The molecule has 4 heteroatoms. The Hall–Kier alpha value is -0.220. The molecule has 98 valence electrons. The summed E-state index contributed by atoms with van der Waals surface area (Å²) in [5.74, 6) is -2.47. The van der Waals surface area contributed by atoms with Gasteiger partial charge in [0, 0.05) is 24.8 Å². The summed E-state index contributed by atoms with van der Waals surface area (Å²) in [7, 11) is 0. The number of nitrogens with one attached hydrogen (secondary N) is 1. The van der Waals surface area contributed by atoms with Crippen molar-refractivity contribution in [2.75, 3.05) is 13.2 Å². The second-order valence-electron chi connectivity index (χ2n) is 6.20. The molecule has 0 bridgehead atoms. The summed E-state index contributed by atoms with van der Waals surface area (Å²) in [5.41, 5.74) is -0.124. The van der Waals surface area contributed by atoms with E-state index in [9.17, 15) is 8.78 Å². The average Bonchev–Trinajstić information content (AvgIpc) is 2.76. The second kappa shape index (κ2) is 3.89. The van der Waals surface area contributed by atoms with Gasteiger partial charge >= 0.3 is 0 Å². The fourth-order valence-corrected chi connectivity index (χ4v) is 3.53. The molecule has 1 saturated heterocycles. The van der Waals surface area contributed by atoms with Crippen LogP contribution in [-0.2, 0) is 4.74 Å². The third kappa shape index (κ3) is 2.22. The molecule has 1 aliphatic heterocycles. The van der Waals surface area contributed by atoms with Crippen LogP contribution in [0.4, 0.5) is 8.78 Å². The second-order valence-corrected chi connectivity index (χ2v) is 6.20. The lowest BCUT2D eigenvalue weighted by molar-refractivity contribution is -0.189. The fourth-order valence-electron chi connectivity index (χ4n) is 3.53. The van der Waals surface area contributed by atoms with Gasteiger partial charge in [-0.1, -0.05) is 12.8 Å². The zero-order valence-electron chi connectivity index (χ0n) is 10.2. The fraction of sp³-hybridized carbons (Fsp3) is 1.00. The molecule has 0 amide bonds. The minimum absolute atomic E-state index is 0.0347. The Morgan fingerprint density at radius 2 is 1.53 bits per heavy atom. The van der Waals surface area contributed by atoms with E-state index in [0.717, 1.165) is 13.2 Å². The standard InChI is InChI=1S/C13H21F2NO/c14-12(15)5-7-13(8-6-12)16-9-11(10-17-13)3-1-2-4-11/h16H,1-10H2. The number of hydrogen-bond donors (Lipinski definition) is 1. The maximum Gasteiger partial charge on any atom is 0.248 e. The highest BCUT2D eigenvalue weighted by Gasteiger charge is 2.49. The number of ether oxygens (including phenoxy) is 1. The van der Waals surface area contributed by atoms with Crippen LogP contribution in [0, 0.1) is 5.41 Å². The molecule has 0 aromatic carbocycles. The SMILES string of the molecule is FC1(F)CCC2(CC1)NCC1(CCCC1)CO2. The molecule has 0 unspecified atom stereocenters. The van der Waals surface area contributed by atoms with Crippen molar-refractivity contribution in [1.82, 2.24) is 5.32 Å². The molecular formula is C13H21F2NO. The van der Waals surface area contributed by atoms with Gasteiger partial charge in [-0.15, -0.1) is 0 Å². The molecule has 2 aliphatic carbocycles. The summed E-state index contributed by atoms with van der Waals surface area (Å²) in [6.07, 6.45) is 5.87. The first-order valence-corrected chi connectivity index (χ1v) is 6.80. The van der Waals surface area contributed by atoms with E-state index in [1.54, 1.807) is 0 Å². The van der Waals surface area contributed by atoms with Crippen LogP contribution in [0.2, 0.25) is 0 Å². The topological polar surface area (TPSA) is 21.3 Å². The summed E-state index contributed by atoms with van der Waals surface area (Å²) in [5, 5.41) is 3.45. The van der Waals surface area contributed by atoms with Gasteiger partial charge in [-0.25, -0.2) is 8.78 Å². The molecule has 2 nitrogen and oxygen atoms in total. The zero-order valence-corrected chi connectivity index (χ0v) is 10.2. The molecule has 0 radical (unpaired) electrons. The number of rotatable bonds is 0. The molecule has 0 aromatic rings. The molecular weight excluding hydrogens is 224 g/mol. The minimum Gasteiger partial charge on any atom is -0.360 e. The Morgan fingerprint density at radius 3 is 2.06 bits per heavy atom. The smallest absolute Gasteiger partial charge is 0.248 e. The van der Waals surface area contributed by atoms with Crippen LogP contribution >= 0.6 is 0 Å². The van der Waals surface area contributed by atoms with Crippen molar-refractivity contribution < 1.29 is 13.5 Å². The number of alkyl halides is 2. The summed E-state index contributed by atoms with van der Waals surface area (Å²) in [6.45, 7) is 1.73. The molecule has 1 N–H and O–H groups in total. The van der Waals surface area contributed by atoms with Crippen LogP contribution in [-0.4, -0.2) is 24.8 Å². The van der Waals surface area contributed by atoms with Gasteiger partial charge in [0.05, 0.1) is 6.61 Å². The Kier molecular flexibility index (Phi) is 2.71. The van der Waals surface area contributed by atoms with Gasteiger partial charge in [-0.2, -0.15) is 0 Å². The van der Waals surface area contributed by atoms with Crippen molar-refractivity contribution in [3.63, 3.8) is 0 Å². The Labute approximate surface area is 101 Å². The van der Waals surface area contributed by atoms with E-state index < -0.39 is 11.6 Å². The summed E-state index contributed by atoms with van der Waals surface area (Å²) < 4.78 is 32.3. The van der Waals surface area contributed by atoms with Gasteiger partial charge in [-0.05, 0) is 25.7 Å². The molecule has 0 atom stereocenters. The predicted molar refractivity (Wildman–Crippen MR) is 61.0 cm³/mol. The molecule has 2 saturated carbocycles. The van der Waals surface area contributed by atoms with Crippen LogP contribution in [0.3, 0.4) is 0 Å². The van der Waals surface area contributed by atoms with E-state index in [4.69, 9.17) is 4.74 Å². The predicted octanol–water partition coefficient (Wildman–Crippen LogP) is 3.07. The molecule has 1 heterocycles. The van der Waals surface area contributed by atoms with Gasteiger partial charge < -0.3 is 4.74 Å². The first kappa shape index (κ1) is 11.8. The maximum atomic E-state index is 13.2. The van der Waals surface area contributed by atoms with Crippen LogP contribution in [0.15, 0.2) is 0 Å². The van der Waals surface area contributed by atoms with Gasteiger partial charge in [-0.3, -0.25) is 5.32 Å². The van der Waals surface area contributed by atoms with Crippen LogP contribution in [0.1, 0.15) is 51.4 Å². The third-order valence-corrected chi connectivity index (χ3v) is 4.89. The zero-order chi connectivity index (χ0) is 12.0. The highest BCUT2D eigenvalue weighted by atomic mass is 19.3.